The summed E-state index contributed by atoms with van der Waals surface area (Å²) in [6.45, 7) is 0.498. The molecule has 0 bridgehead atoms. The van der Waals surface area contributed by atoms with Crippen LogP contribution in [0, 0.1) is 5.92 Å². The first-order valence-corrected chi connectivity index (χ1v) is 11.5. The molecule has 31 heavy (non-hydrogen) atoms. The van der Waals surface area contributed by atoms with Crippen LogP contribution in [-0.2, 0) is 32.1 Å². The van der Waals surface area contributed by atoms with Crippen LogP contribution < -0.4 is 0 Å². The van der Waals surface area contributed by atoms with E-state index in [4.69, 9.17) is 0 Å². The Morgan fingerprint density at radius 2 is 1.81 bits per heavy atom. The minimum atomic E-state index is -4.61. The number of carbonyl (C=O) groups excluding carboxylic acids is 2. The largest absolute Gasteiger partial charge is 0.416 e. The SMILES string of the molecule is O=CC(=O)C1c2ccccc2CN1C1CC(CS(=O)(=O)c2cccc(C(F)(F)F)c2)C1. The fourth-order valence-electron chi connectivity index (χ4n) is 4.51. The number of benzene rings is 2. The van der Waals surface area contributed by atoms with Gasteiger partial charge in [-0.15, -0.1) is 0 Å². The molecule has 2 aromatic rings. The average molecular weight is 451 g/mol. The van der Waals surface area contributed by atoms with Gasteiger partial charge in [-0.3, -0.25) is 14.5 Å². The standard InChI is InChI=1S/C22H20F3NO4S/c23-22(24,25)16-5-3-6-18(10-16)31(29,30)13-14-8-17(9-14)26-11-15-4-1-2-7-19(15)21(26)20(28)12-27/h1-7,10,12,14,17,21H,8-9,11,13H2. The first-order valence-electron chi connectivity index (χ1n) is 9.83. The van der Waals surface area contributed by atoms with Gasteiger partial charge in [-0.1, -0.05) is 30.3 Å². The molecule has 0 aromatic heterocycles. The van der Waals surface area contributed by atoms with Crippen molar-refractivity contribution >= 4 is 21.9 Å². The van der Waals surface area contributed by atoms with Gasteiger partial charge >= 0.3 is 6.18 Å². The molecular formula is C22H20F3NO4S. The monoisotopic (exact) mass is 451 g/mol. The smallest absolute Gasteiger partial charge is 0.295 e. The van der Waals surface area contributed by atoms with Gasteiger partial charge in [0.15, 0.2) is 16.1 Å². The molecule has 1 atom stereocenters. The number of hydrogen-bond donors (Lipinski definition) is 0. The normalized spacial score (nSPS) is 23.8. The summed E-state index contributed by atoms with van der Waals surface area (Å²) < 4.78 is 64.0. The van der Waals surface area contributed by atoms with Crippen molar-refractivity contribution < 1.29 is 31.2 Å². The van der Waals surface area contributed by atoms with Crippen molar-refractivity contribution in [3.8, 4) is 0 Å². The Bertz CT molecular complexity index is 1120. The van der Waals surface area contributed by atoms with Gasteiger partial charge in [0.05, 0.1) is 16.2 Å². The number of ketones is 1. The number of fused-ring (bicyclic) bond motifs is 1. The number of sulfone groups is 1. The molecule has 1 heterocycles. The lowest BCUT2D eigenvalue weighted by molar-refractivity contribution is -0.137. The van der Waals surface area contributed by atoms with E-state index in [1.807, 2.05) is 23.1 Å². The maximum atomic E-state index is 12.9. The third kappa shape index (κ3) is 4.16. The number of Topliss-reactive ketones (excluding diaryl/α,β-unsaturated/α-hetero) is 1. The van der Waals surface area contributed by atoms with E-state index in [2.05, 4.69) is 0 Å². The van der Waals surface area contributed by atoms with Crippen LogP contribution in [0.1, 0.15) is 35.6 Å². The highest BCUT2D eigenvalue weighted by Crippen LogP contribution is 2.43. The second-order valence-corrected chi connectivity index (χ2v) is 10.1. The molecule has 0 saturated heterocycles. The van der Waals surface area contributed by atoms with Gasteiger partial charge < -0.3 is 0 Å². The number of hydrogen-bond acceptors (Lipinski definition) is 5. The zero-order valence-electron chi connectivity index (χ0n) is 16.4. The third-order valence-electron chi connectivity index (χ3n) is 6.08. The van der Waals surface area contributed by atoms with Crippen molar-refractivity contribution in [1.29, 1.82) is 0 Å². The van der Waals surface area contributed by atoms with E-state index < -0.39 is 33.4 Å². The molecule has 9 heteroatoms. The third-order valence-corrected chi connectivity index (χ3v) is 7.96. The summed E-state index contributed by atoms with van der Waals surface area (Å²) in [5.41, 5.74) is 0.757. The first kappa shape index (κ1) is 21.7. The van der Waals surface area contributed by atoms with Crippen LogP contribution in [0.2, 0.25) is 0 Å². The summed E-state index contributed by atoms with van der Waals surface area (Å²) in [7, 11) is -3.88. The number of carbonyl (C=O) groups is 2. The number of nitrogens with zero attached hydrogens (tertiary/aromatic N) is 1. The van der Waals surface area contributed by atoms with Crippen LogP contribution >= 0.6 is 0 Å². The quantitative estimate of drug-likeness (QED) is 0.496. The van der Waals surface area contributed by atoms with Gasteiger partial charge in [-0.05, 0) is 48.1 Å². The molecule has 0 spiro atoms. The number of aldehydes is 1. The fraction of sp³-hybridized carbons (Fsp3) is 0.364. The molecule has 2 aromatic carbocycles. The Morgan fingerprint density at radius 3 is 2.48 bits per heavy atom. The van der Waals surface area contributed by atoms with Crippen LogP contribution in [0.4, 0.5) is 13.2 Å². The minimum Gasteiger partial charge on any atom is -0.295 e. The lowest BCUT2D eigenvalue weighted by Gasteiger charge is -2.43. The second kappa shape index (κ2) is 7.87. The number of rotatable bonds is 6. The molecule has 5 nitrogen and oxygen atoms in total. The Balaban J connectivity index is 1.45. The molecular weight excluding hydrogens is 431 g/mol. The first-order chi connectivity index (χ1) is 14.6. The predicted molar refractivity (Wildman–Crippen MR) is 106 cm³/mol. The lowest BCUT2D eigenvalue weighted by atomic mass is 9.80. The molecule has 1 unspecified atom stereocenters. The topological polar surface area (TPSA) is 71.5 Å². The Labute approximate surface area is 177 Å². The molecule has 0 N–H and O–H groups in total. The van der Waals surface area contributed by atoms with Gasteiger partial charge in [0, 0.05) is 12.6 Å². The van der Waals surface area contributed by atoms with Crippen LogP contribution in [0.5, 0.6) is 0 Å². The van der Waals surface area contributed by atoms with Crippen molar-refractivity contribution in [3.63, 3.8) is 0 Å². The molecule has 0 radical (unpaired) electrons. The van der Waals surface area contributed by atoms with E-state index in [-0.39, 0.29) is 22.6 Å². The minimum absolute atomic E-state index is 0.0667. The Morgan fingerprint density at radius 1 is 1.10 bits per heavy atom. The number of alkyl halides is 3. The van der Waals surface area contributed by atoms with Crippen molar-refractivity contribution in [1.82, 2.24) is 4.90 Å². The Hall–Kier alpha value is -2.52. The van der Waals surface area contributed by atoms with Gasteiger partial charge in [0.1, 0.15) is 6.04 Å². The van der Waals surface area contributed by atoms with Crippen LogP contribution in [-0.4, -0.2) is 37.2 Å². The van der Waals surface area contributed by atoms with E-state index in [1.165, 1.54) is 6.07 Å². The molecule has 1 fully saturated rings. The summed E-state index contributed by atoms with van der Waals surface area (Å²) in [6.07, 6.45) is -3.31. The van der Waals surface area contributed by atoms with Gasteiger partial charge in [-0.2, -0.15) is 13.2 Å². The Kier molecular flexibility index (Phi) is 5.51. The van der Waals surface area contributed by atoms with Crippen molar-refractivity contribution in [2.75, 3.05) is 5.75 Å². The fourth-order valence-corrected chi connectivity index (χ4v) is 6.19. The predicted octanol–water partition coefficient (Wildman–Crippen LogP) is 3.58. The van der Waals surface area contributed by atoms with E-state index >= 15 is 0 Å². The molecule has 1 saturated carbocycles. The average Bonchev–Trinajstić information content (AvgIpc) is 3.08. The van der Waals surface area contributed by atoms with Crippen LogP contribution in [0.25, 0.3) is 0 Å². The summed E-state index contributed by atoms with van der Waals surface area (Å²) in [5, 5.41) is 0. The number of halogens is 3. The molecule has 2 aliphatic rings. The van der Waals surface area contributed by atoms with Crippen molar-refractivity contribution in [2.45, 2.75) is 42.5 Å². The molecule has 0 amide bonds. The maximum Gasteiger partial charge on any atom is 0.416 e. The molecule has 4 rings (SSSR count). The second-order valence-electron chi connectivity index (χ2n) is 8.09. The lowest BCUT2D eigenvalue weighted by Crippen LogP contribution is -2.47. The molecule has 164 valence electrons. The molecule has 1 aliphatic heterocycles. The highest BCUT2D eigenvalue weighted by molar-refractivity contribution is 7.91. The van der Waals surface area contributed by atoms with Gasteiger partial charge in [-0.25, -0.2) is 8.42 Å². The van der Waals surface area contributed by atoms with Crippen molar-refractivity contribution in [3.05, 3.63) is 65.2 Å². The van der Waals surface area contributed by atoms with Crippen LogP contribution in [0.3, 0.4) is 0 Å². The highest BCUT2D eigenvalue weighted by atomic mass is 32.2. The highest BCUT2D eigenvalue weighted by Gasteiger charge is 2.44. The van der Waals surface area contributed by atoms with E-state index in [0.717, 1.165) is 23.3 Å². The van der Waals surface area contributed by atoms with Gasteiger partial charge in [0.25, 0.3) is 0 Å². The zero-order chi connectivity index (χ0) is 22.4. The summed E-state index contributed by atoms with van der Waals surface area (Å²) >= 11 is 0. The zero-order valence-corrected chi connectivity index (χ0v) is 17.2. The maximum absolute atomic E-state index is 12.9. The summed E-state index contributed by atoms with van der Waals surface area (Å²) in [4.78, 5) is 25.0. The summed E-state index contributed by atoms with van der Waals surface area (Å²) in [5.74, 6) is -1.01. The van der Waals surface area contributed by atoms with Crippen molar-refractivity contribution in [2.24, 2.45) is 5.92 Å². The van der Waals surface area contributed by atoms with Gasteiger partial charge in [0.2, 0.25) is 5.78 Å². The van der Waals surface area contributed by atoms with E-state index in [1.54, 1.807) is 6.07 Å². The summed E-state index contributed by atoms with van der Waals surface area (Å²) in [6, 6.07) is 10.4. The molecule has 1 aliphatic carbocycles. The van der Waals surface area contributed by atoms with E-state index in [9.17, 15) is 31.2 Å². The van der Waals surface area contributed by atoms with Crippen LogP contribution in [0.15, 0.2) is 53.4 Å². The van der Waals surface area contributed by atoms with E-state index in [0.29, 0.717) is 31.7 Å².